The van der Waals surface area contributed by atoms with Crippen molar-refractivity contribution in [3.05, 3.63) is 59.7 Å². The number of alkyl carbamates (subject to hydrolysis) is 1. The van der Waals surface area contributed by atoms with Crippen LogP contribution in [0.2, 0.25) is 0 Å². The van der Waals surface area contributed by atoms with Gasteiger partial charge >= 0.3 is 6.09 Å². The molecule has 0 fully saturated rings. The number of ether oxygens (including phenoxy) is 1. The second kappa shape index (κ2) is 6.84. The lowest BCUT2D eigenvalue weighted by Gasteiger charge is -2.14. The molecule has 1 aliphatic carbocycles. The predicted octanol–water partition coefficient (Wildman–Crippen LogP) is 3.68. The molecule has 2 aromatic rings. The summed E-state index contributed by atoms with van der Waals surface area (Å²) in [5.74, 6) is 0.101. The Balaban J connectivity index is 1.69. The van der Waals surface area contributed by atoms with Crippen LogP contribution < -0.4 is 5.32 Å². The average Bonchev–Trinajstić information content (AvgIpc) is 2.87. The van der Waals surface area contributed by atoms with Crippen LogP contribution in [0.15, 0.2) is 48.5 Å². The normalized spacial score (nSPS) is 12.4. The van der Waals surface area contributed by atoms with Crippen LogP contribution in [0.4, 0.5) is 4.79 Å². The number of carbonyl (C=O) groups excluding carboxylic acids is 2. The Morgan fingerprint density at radius 1 is 1.00 bits per heavy atom. The van der Waals surface area contributed by atoms with E-state index in [1.54, 1.807) is 0 Å². The molecular weight excluding hydrogens is 314 g/mol. The van der Waals surface area contributed by atoms with Gasteiger partial charge in [-0.3, -0.25) is 4.79 Å². The molecule has 0 atom stereocenters. The second-order valence-corrected chi connectivity index (χ2v) is 5.77. The van der Waals surface area contributed by atoms with Gasteiger partial charge in [-0.2, -0.15) is 0 Å². The van der Waals surface area contributed by atoms with E-state index in [2.05, 4.69) is 29.6 Å². The quantitative estimate of drug-likeness (QED) is 0.851. The zero-order valence-corrected chi connectivity index (χ0v) is 13.2. The molecule has 1 aliphatic rings. The first-order chi connectivity index (χ1) is 11.2. The molecule has 0 saturated heterocycles. The van der Waals surface area contributed by atoms with E-state index in [9.17, 15) is 9.59 Å². The minimum Gasteiger partial charge on any atom is -0.449 e. The largest absolute Gasteiger partial charge is 0.449 e. The van der Waals surface area contributed by atoms with Gasteiger partial charge in [0, 0.05) is 12.5 Å². The molecule has 0 heterocycles. The number of fused-ring (bicyclic) bond motifs is 3. The molecule has 0 unspecified atom stereocenters. The van der Waals surface area contributed by atoms with Crippen molar-refractivity contribution in [1.82, 2.24) is 5.32 Å². The van der Waals surface area contributed by atoms with Gasteiger partial charge in [0.25, 0.3) is 0 Å². The van der Waals surface area contributed by atoms with Gasteiger partial charge in [-0.25, -0.2) is 4.79 Å². The Kier molecular flexibility index (Phi) is 4.63. The third-order valence-electron chi connectivity index (χ3n) is 3.94. The monoisotopic (exact) mass is 329 g/mol. The molecule has 118 valence electrons. The van der Waals surface area contributed by atoms with Crippen molar-refractivity contribution in [2.45, 2.75) is 12.3 Å². The van der Waals surface area contributed by atoms with Crippen molar-refractivity contribution < 1.29 is 14.3 Å². The summed E-state index contributed by atoms with van der Waals surface area (Å²) in [4.78, 5) is 22.3. The first kappa shape index (κ1) is 15.6. The maximum atomic E-state index is 11.7. The number of amides is 1. The summed E-state index contributed by atoms with van der Waals surface area (Å²) in [5.41, 5.74) is 4.81. The van der Waals surface area contributed by atoms with Crippen LogP contribution >= 0.6 is 11.6 Å². The molecule has 0 saturated carbocycles. The predicted molar refractivity (Wildman–Crippen MR) is 88.5 cm³/mol. The lowest BCUT2D eigenvalue weighted by atomic mass is 9.97. The van der Waals surface area contributed by atoms with Gasteiger partial charge in [-0.1, -0.05) is 48.5 Å². The van der Waals surface area contributed by atoms with Gasteiger partial charge < -0.3 is 10.1 Å². The topological polar surface area (TPSA) is 55.4 Å². The number of rotatable bonds is 5. The van der Waals surface area contributed by atoms with Crippen molar-refractivity contribution in [2.24, 2.45) is 0 Å². The average molecular weight is 330 g/mol. The highest BCUT2D eigenvalue weighted by Crippen LogP contribution is 2.43. The summed E-state index contributed by atoms with van der Waals surface area (Å²) in [7, 11) is 0. The highest BCUT2D eigenvalue weighted by molar-refractivity contribution is 6.63. The van der Waals surface area contributed by atoms with E-state index in [0.717, 1.165) is 0 Å². The molecule has 3 rings (SSSR count). The van der Waals surface area contributed by atoms with Gasteiger partial charge in [0.05, 0.1) is 6.42 Å². The van der Waals surface area contributed by atoms with E-state index < -0.39 is 11.3 Å². The molecule has 1 N–H and O–H groups in total. The molecule has 1 amide bonds. The minimum atomic E-state index is -0.537. The number of carbonyl (C=O) groups is 2. The molecular formula is C18H16ClNO3. The van der Waals surface area contributed by atoms with Crippen LogP contribution in [0.1, 0.15) is 23.5 Å². The van der Waals surface area contributed by atoms with E-state index in [4.69, 9.17) is 16.3 Å². The van der Waals surface area contributed by atoms with E-state index in [1.807, 2.05) is 24.3 Å². The SMILES string of the molecule is O=C(Cl)CCOC(=O)NCC1c2ccccc2-c2ccccc21. The summed E-state index contributed by atoms with van der Waals surface area (Å²) in [6.45, 7) is 0.438. The fourth-order valence-corrected chi connectivity index (χ4v) is 3.02. The number of halogens is 1. The standard InChI is InChI=1S/C18H16ClNO3/c19-17(21)9-10-23-18(22)20-11-16-14-7-3-1-5-12(14)13-6-2-4-8-15(13)16/h1-8,16H,9-11H2,(H,20,22). The van der Waals surface area contributed by atoms with Crippen molar-refractivity contribution in [3.8, 4) is 11.1 Å². The minimum absolute atomic E-state index is 0.00793. The maximum Gasteiger partial charge on any atom is 0.407 e. The third kappa shape index (κ3) is 3.37. The zero-order chi connectivity index (χ0) is 16.2. The van der Waals surface area contributed by atoms with E-state index >= 15 is 0 Å². The molecule has 0 spiro atoms. The highest BCUT2D eigenvalue weighted by Gasteiger charge is 2.28. The number of nitrogens with one attached hydrogen (secondary N) is 1. The van der Waals surface area contributed by atoms with Crippen molar-refractivity contribution in [2.75, 3.05) is 13.2 Å². The highest BCUT2D eigenvalue weighted by atomic mass is 35.5. The Bertz CT molecular complexity index is 699. The second-order valence-electron chi connectivity index (χ2n) is 5.35. The molecule has 23 heavy (non-hydrogen) atoms. The van der Waals surface area contributed by atoms with Crippen LogP contribution in [0.5, 0.6) is 0 Å². The molecule has 0 bridgehead atoms. The Labute approximate surface area is 139 Å². The Hall–Kier alpha value is -2.33. The van der Waals surface area contributed by atoms with Gasteiger partial charge in [-0.15, -0.1) is 0 Å². The van der Waals surface area contributed by atoms with E-state index in [0.29, 0.717) is 6.54 Å². The summed E-state index contributed by atoms with van der Waals surface area (Å²) in [5, 5.41) is 2.25. The fourth-order valence-electron chi connectivity index (χ4n) is 2.94. The summed E-state index contributed by atoms with van der Waals surface area (Å²) in [6.07, 6.45) is -0.519. The van der Waals surface area contributed by atoms with Crippen LogP contribution in [0.3, 0.4) is 0 Å². The number of hydrogen-bond donors (Lipinski definition) is 1. The lowest BCUT2D eigenvalue weighted by Crippen LogP contribution is -2.29. The molecule has 4 nitrogen and oxygen atoms in total. The van der Waals surface area contributed by atoms with Gasteiger partial charge in [0.15, 0.2) is 0 Å². The van der Waals surface area contributed by atoms with Crippen molar-refractivity contribution in [3.63, 3.8) is 0 Å². The van der Waals surface area contributed by atoms with Crippen molar-refractivity contribution in [1.29, 1.82) is 0 Å². The maximum absolute atomic E-state index is 11.7. The Morgan fingerprint density at radius 2 is 1.57 bits per heavy atom. The van der Waals surface area contributed by atoms with Crippen LogP contribution in [-0.4, -0.2) is 24.5 Å². The van der Waals surface area contributed by atoms with Gasteiger partial charge in [-0.05, 0) is 33.9 Å². The number of benzene rings is 2. The molecule has 0 aliphatic heterocycles. The summed E-state index contributed by atoms with van der Waals surface area (Å²) >= 11 is 5.20. The Morgan fingerprint density at radius 3 is 2.13 bits per heavy atom. The third-order valence-corrected chi connectivity index (χ3v) is 4.13. The zero-order valence-electron chi connectivity index (χ0n) is 12.4. The first-order valence-electron chi connectivity index (χ1n) is 7.44. The molecule has 0 aromatic heterocycles. The smallest absolute Gasteiger partial charge is 0.407 e. The van der Waals surface area contributed by atoms with Crippen molar-refractivity contribution >= 4 is 22.9 Å². The molecule has 0 radical (unpaired) electrons. The number of hydrogen-bond acceptors (Lipinski definition) is 3. The fraction of sp³-hybridized carbons (Fsp3) is 0.222. The summed E-state index contributed by atoms with van der Waals surface area (Å²) < 4.78 is 4.93. The van der Waals surface area contributed by atoms with Crippen LogP contribution in [-0.2, 0) is 9.53 Å². The van der Waals surface area contributed by atoms with E-state index in [-0.39, 0.29) is 18.9 Å². The van der Waals surface area contributed by atoms with Crippen LogP contribution in [0, 0.1) is 0 Å². The summed E-state index contributed by atoms with van der Waals surface area (Å²) in [6, 6.07) is 16.4. The molecule has 5 heteroatoms. The molecule has 2 aromatic carbocycles. The van der Waals surface area contributed by atoms with Gasteiger partial charge in [0.2, 0.25) is 5.24 Å². The van der Waals surface area contributed by atoms with Crippen LogP contribution in [0.25, 0.3) is 11.1 Å². The lowest BCUT2D eigenvalue weighted by molar-refractivity contribution is -0.112. The van der Waals surface area contributed by atoms with E-state index in [1.165, 1.54) is 22.3 Å². The van der Waals surface area contributed by atoms with Gasteiger partial charge in [0.1, 0.15) is 6.61 Å². The first-order valence-corrected chi connectivity index (χ1v) is 7.82.